The monoisotopic (exact) mass is 366 g/mol. The van der Waals surface area contributed by atoms with Gasteiger partial charge < -0.3 is 30.3 Å². The van der Waals surface area contributed by atoms with E-state index in [9.17, 15) is 30.0 Å². The van der Waals surface area contributed by atoms with E-state index in [1.54, 1.807) is 0 Å². The number of ketones is 1. The molecule has 0 aliphatic heterocycles. The average Bonchev–Trinajstić information content (AvgIpc) is 2.54. The van der Waals surface area contributed by atoms with E-state index in [4.69, 9.17) is 9.84 Å². The molecule has 0 saturated heterocycles. The SMILES string of the molecule is COc1cc(O)c2c(c1O)C(O)C1CC(C)(O)C(CC(=O)O)CC1C2=O. The number of rotatable bonds is 3. The topological polar surface area (TPSA) is 145 Å². The zero-order chi connectivity index (χ0) is 19.4. The summed E-state index contributed by atoms with van der Waals surface area (Å²) in [6.45, 7) is 1.49. The third-order valence-electron chi connectivity index (χ3n) is 5.79. The number of fused-ring (bicyclic) bond motifs is 2. The lowest BCUT2D eigenvalue weighted by Gasteiger charge is -2.48. The first-order valence-electron chi connectivity index (χ1n) is 8.37. The van der Waals surface area contributed by atoms with E-state index in [1.807, 2.05) is 0 Å². The van der Waals surface area contributed by atoms with Crippen LogP contribution in [0.15, 0.2) is 6.07 Å². The summed E-state index contributed by atoms with van der Waals surface area (Å²) < 4.78 is 4.97. The number of aliphatic hydroxyl groups excluding tert-OH is 1. The molecule has 1 aromatic rings. The molecule has 5 atom stereocenters. The number of phenolic OH excluding ortho intramolecular Hbond substituents is 2. The number of benzene rings is 1. The molecule has 142 valence electrons. The van der Waals surface area contributed by atoms with Crippen molar-refractivity contribution in [2.24, 2.45) is 17.8 Å². The minimum Gasteiger partial charge on any atom is -0.507 e. The van der Waals surface area contributed by atoms with Gasteiger partial charge in [0.15, 0.2) is 17.3 Å². The molecule has 26 heavy (non-hydrogen) atoms. The first-order chi connectivity index (χ1) is 12.1. The van der Waals surface area contributed by atoms with Gasteiger partial charge in [0, 0.05) is 23.5 Å². The van der Waals surface area contributed by atoms with E-state index in [0.717, 1.165) is 6.07 Å². The van der Waals surface area contributed by atoms with E-state index in [1.165, 1.54) is 14.0 Å². The van der Waals surface area contributed by atoms with Gasteiger partial charge in [0.1, 0.15) is 5.75 Å². The number of methoxy groups -OCH3 is 1. The van der Waals surface area contributed by atoms with Crippen molar-refractivity contribution in [2.45, 2.75) is 37.9 Å². The maximum absolute atomic E-state index is 13.0. The molecule has 2 aliphatic carbocycles. The van der Waals surface area contributed by atoms with Gasteiger partial charge in [0.2, 0.25) is 0 Å². The van der Waals surface area contributed by atoms with Gasteiger partial charge in [-0.25, -0.2) is 0 Å². The molecular formula is C18H22O8. The summed E-state index contributed by atoms with van der Waals surface area (Å²) in [4.78, 5) is 24.1. The number of aliphatic carboxylic acids is 1. The van der Waals surface area contributed by atoms with E-state index in [2.05, 4.69) is 0 Å². The molecule has 3 rings (SSSR count). The number of hydrogen-bond acceptors (Lipinski definition) is 7. The largest absolute Gasteiger partial charge is 0.507 e. The number of carbonyl (C=O) groups is 2. The van der Waals surface area contributed by atoms with E-state index in [0.29, 0.717) is 0 Å². The number of carboxylic acids is 1. The van der Waals surface area contributed by atoms with Gasteiger partial charge in [-0.2, -0.15) is 0 Å². The van der Waals surface area contributed by atoms with Gasteiger partial charge in [0.25, 0.3) is 0 Å². The summed E-state index contributed by atoms with van der Waals surface area (Å²) in [6.07, 6.45) is -1.53. The second-order valence-electron chi connectivity index (χ2n) is 7.41. The molecule has 0 spiro atoms. The van der Waals surface area contributed by atoms with Crippen molar-refractivity contribution in [1.29, 1.82) is 0 Å². The third kappa shape index (κ3) is 2.69. The molecule has 1 fully saturated rings. The Balaban J connectivity index is 2.09. The normalized spacial score (nSPS) is 33.3. The summed E-state index contributed by atoms with van der Waals surface area (Å²) in [5, 5.41) is 51.1. The molecule has 2 aliphatic rings. The number of hydrogen-bond donors (Lipinski definition) is 5. The molecule has 0 radical (unpaired) electrons. The molecule has 8 heteroatoms. The van der Waals surface area contributed by atoms with Crippen molar-refractivity contribution in [3.05, 3.63) is 17.2 Å². The Kier molecular flexibility index (Phi) is 4.36. The van der Waals surface area contributed by atoms with Crippen LogP contribution < -0.4 is 4.74 Å². The fraction of sp³-hybridized carbons (Fsp3) is 0.556. The second kappa shape index (κ2) is 6.14. The lowest BCUT2D eigenvalue weighted by molar-refractivity contribution is -0.145. The molecule has 5 N–H and O–H groups in total. The quantitative estimate of drug-likeness (QED) is 0.502. The van der Waals surface area contributed by atoms with Crippen molar-refractivity contribution in [2.75, 3.05) is 7.11 Å². The number of aromatic hydroxyl groups is 2. The van der Waals surface area contributed by atoms with E-state index in [-0.39, 0.29) is 36.1 Å². The van der Waals surface area contributed by atoms with Crippen molar-refractivity contribution < 1.29 is 39.9 Å². The number of ether oxygens (including phenoxy) is 1. The zero-order valence-corrected chi connectivity index (χ0v) is 14.5. The fourth-order valence-corrected chi connectivity index (χ4v) is 4.42. The van der Waals surface area contributed by atoms with Crippen LogP contribution in [0, 0.1) is 17.8 Å². The lowest BCUT2D eigenvalue weighted by atomic mass is 9.58. The highest BCUT2D eigenvalue weighted by Gasteiger charge is 2.53. The van der Waals surface area contributed by atoms with E-state index < -0.39 is 52.7 Å². The number of Topliss-reactive ketones (excluding diaryl/α,β-unsaturated/α-hetero) is 1. The van der Waals surface area contributed by atoms with Crippen molar-refractivity contribution in [3.8, 4) is 17.2 Å². The Morgan fingerprint density at radius 2 is 2.04 bits per heavy atom. The Morgan fingerprint density at radius 3 is 2.62 bits per heavy atom. The van der Waals surface area contributed by atoms with Crippen LogP contribution in [-0.2, 0) is 4.79 Å². The Hall–Kier alpha value is -2.32. The fourth-order valence-electron chi connectivity index (χ4n) is 4.42. The molecule has 0 amide bonds. The lowest BCUT2D eigenvalue weighted by Crippen LogP contribution is -2.50. The van der Waals surface area contributed by atoms with Crippen molar-refractivity contribution in [3.63, 3.8) is 0 Å². The first-order valence-corrected chi connectivity index (χ1v) is 8.37. The minimum atomic E-state index is -1.38. The summed E-state index contributed by atoms with van der Waals surface area (Å²) >= 11 is 0. The highest BCUT2D eigenvalue weighted by atomic mass is 16.5. The van der Waals surface area contributed by atoms with E-state index >= 15 is 0 Å². The molecule has 8 nitrogen and oxygen atoms in total. The summed E-state index contributed by atoms with van der Waals surface area (Å²) in [7, 11) is 1.28. The summed E-state index contributed by atoms with van der Waals surface area (Å²) in [5.74, 6) is -4.57. The van der Waals surface area contributed by atoms with Crippen LogP contribution in [0.1, 0.15) is 48.2 Å². The number of carboxylic acid groups (broad SMARTS) is 1. The minimum absolute atomic E-state index is 0.000623. The Morgan fingerprint density at radius 1 is 1.38 bits per heavy atom. The first kappa shape index (κ1) is 18.5. The zero-order valence-electron chi connectivity index (χ0n) is 14.5. The van der Waals surface area contributed by atoms with Crippen LogP contribution in [0.25, 0.3) is 0 Å². The number of carbonyl (C=O) groups excluding carboxylic acids is 1. The van der Waals surface area contributed by atoms with Crippen LogP contribution in [0.4, 0.5) is 0 Å². The summed E-state index contributed by atoms with van der Waals surface area (Å²) in [5.41, 5.74) is -1.66. The smallest absolute Gasteiger partial charge is 0.303 e. The molecule has 0 heterocycles. The van der Waals surface area contributed by atoms with Crippen LogP contribution in [0.5, 0.6) is 17.2 Å². The van der Waals surface area contributed by atoms with Crippen LogP contribution in [-0.4, -0.2) is 50.0 Å². The maximum Gasteiger partial charge on any atom is 0.303 e. The molecule has 0 aromatic heterocycles. The van der Waals surface area contributed by atoms with Crippen LogP contribution >= 0.6 is 0 Å². The van der Waals surface area contributed by atoms with Gasteiger partial charge in [-0.05, 0) is 25.7 Å². The highest BCUT2D eigenvalue weighted by Crippen LogP contribution is 2.55. The van der Waals surface area contributed by atoms with Gasteiger partial charge in [0.05, 0.1) is 30.8 Å². The standard InChI is InChI=1S/C18H22O8/c1-18(25)6-9-8(3-7(18)4-12(20)21)15(22)13-10(19)5-11(26-2)17(24)14(13)16(9)23/h5,7-9,16,19,23-25H,3-4,6H2,1-2H3,(H,20,21). The third-order valence-corrected chi connectivity index (χ3v) is 5.79. The number of aliphatic hydroxyl groups is 2. The van der Waals surface area contributed by atoms with Crippen molar-refractivity contribution >= 4 is 11.8 Å². The highest BCUT2D eigenvalue weighted by molar-refractivity contribution is 6.04. The van der Waals surface area contributed by atoms with Crippen molar-refractivity contribution in [1.82, 2.24) is 0 Å². The average molecular weight is 366 g/mol. The predicted molar refractivity (Wildman–Crippen MR) is 88.2 cm³/mol. The molecule has 0 bridgehead atoms. The van der Waals surface area contributed by atoms with Gasteiger partial charge >= 0.3 is 5.97 Å². The van der Waals surface area contributed by atoms with Gasteiger partial charge in [-0.1, -0.05) is 0 Å². The summed E-state index contributed by atoms with van der Waals surface area (Å²) in [6, 6.07) is 1.10. The maximum atomic E-state index is 13.0. The second-order valence-corrected chi connectivity index (χ2v) is 7.41. The predicted octanol–water partition coefficient (Wildman–Crippen LogP) is 1.20. The molecular weight excluding hydrogens is 344 g/mol. The number of phenols is 2. The van der Waals surface area contributed by atoms with Gasteiger partial charge in [-0.15, -0.1) is 0 Å². The molecule has 1 saturated carbocycles. The Labute approximate surface area is 149 Å². The molecule has 5 unspecified atom stereocenters. The Bertz CT molecular complexity index is 769. The van der Waals surface area contributed by atoms with Crippen LogP contribution in [0.3, 0.4) is 0 Å². The van der Waals surface area contributed by atoms with Crippen LogP contribution in [0.2, 0.25) is 0 Å². The van der Waals surface area contributed by atoms with Gasteiger partial charge in [-0.3, -0.25) is 9.59 Å². The molecule has 1 aromatic carbocycles.